The Labute approximate surface area is 292 Å². The van der Waals surface area contributed by atoms with Gasteiger partial charge < -0.3 is 20.7 Å². The molecular weight excluding hydrogens is 663 g/mol. The second kappa shape index (κ2) is 11.3. The first kappa shape index (κ1) is 32.4. The summed E-state index contributed by atoms with van der Waals surface area (Å²) in [5.41, 5.74) is 3.90. The number of rotatable bonds is 6. The number of ether oxygens (including phenoxy) is 1. The van der Waals surface area contributed by atoms with Crippen LogP contribution in [0.15, 0.2) is 42.5 Å². The van der Waals surface area contributed by atoms with E-state index in [-0.39, 0.29) is 74.0 Å². The standard InChI is InChI=1S/C39H37F5N6O/c1-3-26-30(40)8-5-22-13-24(45)14-27(31(22)26)32-29(39(42,43)44)15-28-34(33(32)41)46-36(51-20-37-10-4-12-50(37)17-21(2)16-37)47-35(28)49-18-25-9-11-38(19-49,48-25)23-6-7-23/h1,5,8,13-15,23,25,48H,2,4,6-7,9-12,16-20,45H2/t25-,37-,38+/m0/s1. The summed E-state index contributed by atoms with van der Waals surface area (Å²) in [6.07, 6.45) is 7.35. The molecule has 5 fully saturated rings. The van der Waals surface area contributed by atoms with Gasteiger partial charge in [0, 0.05) is 53.2 Å². The Morgan fingerprint density at radius 1 is 1.12 bits per heavy atom. The maximum absolute atomic E-state index is 17.4. The minimum atomic E-state index is -5.02. The summed E-state index contributed by atoms with van der Waals surface area (Å²) in [5.74, 6) is 0.862. The molecule has 51 heavy (non-hydrogen) atoms. The van der Waals surface area contributed by atoms with E-state index in [1.54, 1.807) is 0 Å². The molecule has 4 aliphatic heterocycles. The van der Waals surface area contributed by atoms with Crippen LogP contribution in [0.2, 0.25) is 0 Å². The van der Waals surface area contributed by atoms with Crippen molar-refractivity contribution in [1.82, 2.24) is 20.2 Å². The summed E-state index contributed by atoms with van der Waals surface area (Å²) in [5, 5.41) is 3.95. The lowest BCUT2D eigenvalue weighted by atomic mass is 9.89. The lowest BCUT2D eigenvalue weighted by Gasteiger charge is -2.42. The van der Waals surface area contributed by atoms with Gasteiger partial charge in [-0.15, -0.1) is 6.42 Å². The average molecular weight is 701 g/mol. The van der Waals surface area contributed by atoms with Crippen LogP contribution in [0.5, 0.6) is 6.01 Å². The minimum absolute atomic E-state index is 0.0480. The van der Waals surface area contributed by atoms with Crippen LogP contribution < -0.4 is 20.7 Å². The van der Waals surface area contributed by atoms with Gasteiger partial charge in [0.2, 0.25) is 0 Å². The zero-order valence-corrected chi connectivity index (χ0v) is 28.0. The van der Waals surface area contributed by atoms with Crippen molar-refractivity contribution in [3.05, 3.63) is 65.2 Å². The highest BCUT2D eigenvalue weighted by molar-refractivity contribution is 6.06. The molecule has 12 heteroatoms. The summed E-state index contributed by atoms with van der Waals surface area (Å²) in [6.45, 7) is 7.11. The topological polar surface area (TPSA) is 79.5 Å². The molecule has 5 aliphatic rings. The van der Waals surface area contributed by atoms with Crippen LogP contribution in [-0.4, -0.2) is 64.8 Å². The maximum Gasteiger partial charge on any atom is 0.417 e. The van der Waals surface area contributed by atoms with E-state index >= 15 is 22.0 Å². The van der Waals surface area contributed by atoms with Crippen molar-refractivity contribution in [2.75, 3.05) is 43.4 Å². The number of hydrogen-bond acceptors (Lipinski definition) is 7. The molecule has 3 aromatic carbocycles. The first-order chi connectivity index (χ1) is 24.4. The molecule has 264 valence electrons. The molecule has 0 amide bonds. The third-order valence-corrected chi connectivity index (χ3v) is 11.9. The molecule has 1 aromatic heterocycles. The Morgan fingerprint density at radius 2 is 1.94 bits per heavy atom. The van der Waals surface area contributed by atoms with Gasteiger partial charge >= 0.3 is 12.2 Å². The molecule has 0 spiro atoms. The molecule has 3 atom stereocenters. The molecule has 4 aromatic rings. The summed E-state index contributed by atoms with van der Waals surface area (Å²) in [4.78, 5) is 13.6. The Kier molecular flexibility index (Phi) is 7.16. The zero-order valence-electron chi connectivity index (χ0n) is 28.0. The van der Waals surface area contributed by atoms with E-state index in [1.165, 1.54) is 18.2 Å². The van der Waals surface area contributed by atoms with Crippen LogP contribution in [0.1, 0.15) is 56.1 Å². The Balaban J connectivity index is 1.27. The highest BCUT2D eigenvalue weighted by Gasteiger charge is 2.53. The molecule has 0 radical (unpaired) electrons. The van der Waals surface area contributed by atoms with E-state index in [9.17, 15) is 0 Å². The fourth-order valence-electron chi connectivity index (χ4n) is 9.60. The van der Waals surface area contributed by atoms with E-state index in [4.69, 9.17) is 21.9 Å². The van der Waals surface area contributed by atoms with Gasteiger partial charge in [-0.1, -0.05) is 24.1 Å². The SMILES string of the molecule is C#Cc1c(F)ccc2cc(N)cc(-c3c(C(F)(F)F)cc4c(N5C[C@@H]6CC[C@](C7CC7)(C5)N6)nc(OC[C@@]56CCCN5CC(=C)C6)nc4c3F)c12. The van der Waals surface area contributed by atoms with Crippen molar-refractivity contribution in [1.29, 1.82) is 0 Å². The zero-order chi connectivity index (χ0) is 35.4. The van der Waals surface area contributed by atoms with Crippen LogP contribution in [0.3, 0.4) is 0 Å². The molecule has 3 N–H and O–H groups in total. The molecule has 1 saturated carbocycles. The fourth-order valence-corrected chi connectivity index (χ4v) is 9.60. The van der Waals surface area contributed by atoms with E-state index in [1.807, 2.05) is 4.90 Å². The molecule has 1 aliphatic carbocycles. The third kappa shape index (κ3) is 5.14. The lowest BCUT2D eigenvalue weighted by Crippen LogP contribution is -2.61. The predicted octanol–water partition coefficient (Wildman–Crippen LogP) is 7.20. The Morgan fingerprint density at radius 3 is 2.71 bits per heavy atom. The summed E-state index contributed by atoms with van der Waals surface area (Å²) in [6, 6.07) is 6.08. The number of alkyl halides is 3. The number of fused-ring (bicyclic) bond motifs is 5. The predicted molar refractivity (Wildman–Crippen MR) is 186 cm³/mol. The van der Waals surface area contributed by atoms with E-state index in [0.717, 1.165) is 75.7 Å². The van der Waals surface area contributed by atoms with Gasteiger partial charge in [-0.25, -0.2) is 8.78 Å². The summed E-state index contributed by atoms with van der Waals surface area (Å²) >= 11 is 0. The van der Waals surface area contributed by atoms with Crippen molar-refractivity contribution in [3.8, 4) is 29.5 Å². The van der Waals surface area contributed by atoms with Crippen LogP contribution in [-0.2, 0) is 6.18 Å². The van der Waals surface area contributed by atoms with Gasteiger partial charge in [-0.05, 0) is 92.6 Å². The van der Waals surface area contributed by atoms with Crippen molar-refractivity contribution in [2.45, 2.75) is 68.2 Å². The quantitative estimate of drug-likeness (QED) is 0.0954. The molecule has 0 unspecified atom stereocenters. The summed E-state index contributed by atoms with van der Waals surface area (Å²) in [7, 11) is 0. The first-order valence-electron chi connectivity index (χ1n) is 17.6. The van der Waals surface area contributed by atoms with Crippen molar-refractivity contribution >= 4 is 33.2 Å². The van der Waals surface area contributed by atoms with Gasteiger partial charge in [0.1, 0.15) is 23.8 Å². The van der Waals surface area contributed by atoms with Crippen LogP contribution in [0.4, 0.5) is 33.5 Å². The molecule has 9 rings (SSSR count). The van der Waals surface area contributed by atoms with Gasteiger partial charge in [-0.3, -0.25) is 4.90 Å². The monoisotopic (exact) mass is 700 g/mol. The number of halogens is 5. The molecule has 7 nitrogen and oxygen atoms in total. The van der Waals surface area contributed by atoms with Crippen molar-refractivity contribution < 1.29 is 26.7 Å². The Bertz CT molecular complexity index is 2190. The number of terminal acetylenes is 1. The van der Waals surface area contributed by atoms with Crippen LogP contribution >= 0.6 is 0 Å². The minimum Gasteiger partial charge on any atom is -0.461 e. The van der Waals surface area contributed by atoms with Gasteiger partial charge in [0.25, 0.3) is 0 Å². The molecule has 2 bridgehead atoms. The number of piperazine rings is 1. The number of nitrogen functional groups attached to an aromatic ring is 1. The van der Waals surface area contributed by atoms with E-state index in [0.29, 0.717) is 19.0 Å². The molecule has 5 heterocycles. The average Bonchev–Trinajstić information content (AvgIpc) is 3.73. The molecule has 4 saturated heterocycles. The van der Waals surface area contributed by atoms with Crippen molar-refractivity contribution in [3.63, 3.8) is 0 Å². The van der Waals surface area contributed by atoms with Crippen LogP contribution in [0.25, 0.3) is 32.8 Å². The van der Waals surface area contributed by atoms with E-state index < -0.39 is 28.9 Å². The third-order valence-electron chi connectivity index (χ3n) is 11.9. The lowest BCUT2D eigenvalue weighted by molar-refractivity contribution is -0.137. The number of benzene rings is 3. The highest BCUT2D eigenvalue weighted by atomic mass is 19.4. The van der Waals surface area contributed by atoms with Gasteiger partial charge in [0.15, 0.2) is 5.82 Å². The maximum atomic E-state index is 17.4. The number of nitrogens with zero attached hydrogens (tertiary/aromatic N) is 4. The number of nitrogens with one attached hydrogen (secondary N) is 1. The van der Waals surface area contributed by atoms with Crippen molar-refractivity contribution in [2.24, 2.45) is 5.92 Å². The number of nitrogens with two attached hydrogens (primary N) is 1. The normalized spacial score (nSPS) is 26.3. The highest BCUT2D eigenvalue weighted by Crippen LogP contribution is 2.50. The largest absolute Gasteiger partial charge is 0.461 e. The number of aromatic nitrogens is 2. The second-order valence-corrected chi connectivity index (χ2v) is 15.2. The smallest absolute Gasteiger partial charge is 0.417 e. The summed E-state index contributed by atoms with van der Waals surface area (Å²) < 4.78 is 84.4. The Hall–Kier alpha value is -4.47. The number of anilines is 2. The first-order valence-corrected chi connectivity index (χ1v) is 17.6. The second-order valence-electron chi connectivity index (χ2n) is 15.2. The van der Waals surface area contributed by atoms with Crippen LogP contribution in [0, 0.1) is 29.9 Å². The fraction of sp³-hybridized carbons (Fsp3) is 0.436. The number of hydrogen-bond donors (Lipinski definition) is 2. The molecular formula is C39H37F5N6O. The van der Waals surface area contributed by atoms with E-state index in [2.05, 4.69) is 27.7 Å². The van der Waals surface area contributed by atoms with Gasteiger partial charge in [0.05, 0.1) is 16.7 Å². The van der Waals surface area contributed by atoms with Gasteiger partial charge in [-0.2, -0.15) is 23.1 Å².